The first-order valence-electron chi connectivity index (χ1n) is 13.6. The predicted molar refractivity (Wildman–Crippen MR) is 148 cm³/mol. The maximum absolute atomic E-state index is 15.0. The molecule has 2 aromatic heterocycles. The molecule has 1 unspecified atom stereocenters. The van der Waals surface area contributed by atoms with Crippen molar-refractivity contribution in [3.63, 3.8) is 0 Å². The summed E-state index contributed by atoms with van der Waals surface area (Å²) in [4.78, 5) is 31.4. The van der Waals surface area contributed by atoms with Crippen LogP contribution in [0.4, 0.5) is 20.8 Å². The molecule has 11 heteroatoms. The summed E-state index contributed by atoms with van der Waals surface area (Å²) in [7, 11) is 1.78. The van der Waals surface area contributed by atoms with Crippen LogP contribution < -0.4 is 9.80 Å². The molecule has 40 heavy (non-hydrogen) atoms. The third-order valence-electron chi connectivity index (χ3n) is 8.07. The molecule has 3 aliphatic rings. The molecule has 1 spiro atoms. The normalized spacial score (nSPS) is 20.6. The molecule has 0 saturated carbocycles. The Hall–Kier alpha value is -4.02. The van der Waals surface area contributed by atoms with Gasteiger partial charge in [0.2, 0.25) is 0 Å². The number of nitrogens with zero attached hydrogens (tertiary/aromatic N) is 7. The van der Waals surface area contributed by atoms with Crippen LogP contribution in [0.1, 0.15) is 55.2 Å². The highest BCUT2D eigenvalue weighted by molar-refractivity contribution is 6.10. The lowest BCUT2D eigenvalue weighted by Gasteiger charge is -2.27. The number of rotatable bonds is 3. The van der Waals surface area contributed by atoms with E-state index in [2.05, 4.69) is 20.2 Å². The van der Waals surface area contributed by atoms with Crippen LogP contribution in [0.25, 0.3) is 11.1 Å². The van der Waals surface area contributed by atoms with Crippen molar-refractivity contribution in [2.24, 2.45) is 12.5 Å². The zero-order valence-electron chi connectivity index (χ0n) is 23.6. The van der Waals surface area contributed by atoms with E-state index in [1.807, 2.05) is 38.7 Å². The van der Waals surface area contributed by atoms with E-state index < -0.39 is 5.60 Å². The van der Waals surface area contributed by atoms with Gasteiger partial charge in [-0.15, -0.1) is 10.2 Å². The summed E-state index contributed by atoms with van der Waals surface area (Å²) in [6, 6.07) is 6.72. The number of anilines is 2. The minimum absolute atomic E-state index is 0.0121. The van der Waals surface area contributed by atoms with Gasteiger partial charge in [0.05, 0.1) is 12.2 Å². The van der Waals surface area contributed by atoms with Crippen LogP contribution in [0.5, 0.6) is 0 Å². The smallest absolute Gasteiger partial charge is 0.410 e. The number of likely N-dealkylation sites (tertiary alicyclic amines) is 1. The molecule has 0 N–H and O–H groups in total. The van der Waals surface area contributed by atoms with Gasteiger partial charge >= 0.3 is 6.09 Å². The van der Waals surface area contributed by atoms with Crippen molar-refractivity contribution >= 4 is 23.6 Å². The van der Waals surface area contributed by atoms with Gasteiger partial charge in [-0.25, -0.2) is 9.18 Å². The second kappa shape index (κ2) is 9.28. The molecule has 5 heterocycles. The van der Waals surface area contributed by atoms with Crippen LogP contribution in [-0.4, -0.2) is 68.7 Å². The molecule has 2 saturated heterocycles. The lowest BCUT2D eigenvalue weighted by atomic mass is 9.86. The quantitative estimate of drug-likeness (QED) is 0.482. The van der Waals surface area contributed by atoms with Crippen LogP contribution in [0.15, 0.2) is 30.5 Å². The van der Waals surface area contributed by atoms with Crippen molar-refractivity contribution in [2.75, 3.05) is 36.0 Å². The maximum Gasteiger partial charge on any atom is 0.410 e. The summed E-state index contributed by atoms with van der Waals surface area (Å²) >= 11 is 0. The molecular weight excluding hydrogens is 513 g/mol. The zero-order chi connectivity index (χ0) is 28.4. The van der Waals surface area contributed by atoms with E-state index in [-0.39, 0.29) is 29.8 Å². The van der Waals surface area contributed by atoms with Crippen LogP contribution in [0.2, 0.25) is 0 Å². The highest BCUT2D eigenvalue weighted by atomic mass is 19.1. The van der Waals surface area contributed by atoms with Gasteiger partial charge in [0.15, 0.2) is 11.6 Å². The summed E-state index contributed by atoms with van der Waals surface area (Å²) in [5, 5.41) is 13.1. The average molecular weight is 548 g/mol. The van der Waals surface area contributed by atoms with E-state index in [1.165, 1.54) is 11.0 Å². The number of ether oxygens (including phenoxy) is 1. The molecule has 3 aromatic rings. The summed E-state index contributed by atoms with van der Waals surface area (Å²) < 4.78 is 22.2. The number of halogens is 1. The van der Waals surface area contributed by atoms with Gasteiger partial charge in [0.1, 0.15) is 11.4 Å². The van der Waals surface area contributed by atoms with E-state index in [9.17, 15) is 9.59 Å². The van der Waals surface area contributed by atoms with Gasteiger partial charge in [-0.05, 0) is 70.4 Å². The fourth-order valence-corrected chi connectivity index (χ4v) is 6.10. The maximum atomic E-state index is 15.0. The number of amides is 2. The van der Waals surface area contributed by atoms with Crippen LogP contribution >= 0.6 is 0 Å². The fourth-order valence-electron chi connectivity index (χ4n) is 6.10. The molecule has 10 nitrogen and oxygen atoms in total. The van der Waals surface area contributed by atoms with Crippen molar-refractivity contribution < 1.29 is 18.7 Å². The van der Waals surface area contributed by atoms with Gasteiger partial charge in [0, 0.05) is 61.5 Å². The Morgan fingerprint density at radius 2 is 1.75 bits per heavy atom. The number of fused-ring (bicyclic) bond motifs is 1. The fraction of sp³-hybridized carbons (Fsp3) is 0.483. The predicted octanol–water partition coefficient (Wildman–Crippen LogP) is 4.32. The Kier molecular flexibility index (Phi) is 6.08. The molecule has 0 aliphatic carbocycles. The first-order valence-corrected chi connectivity index (χ1v) is 13.6. The Morgan fingerprint density at radius 3 is 2.42 bits per heavy atom. The summed E-state index contributed by atoms with van der Waals surface area (Å²) in [6.07, 6.45) is 3.38. The Balaban J connectivity index is 1.14. The Bertz CT molecular complexity index is 1500. The van der Waals surface area contributed by atoms with Crippen LogP contribution in [-0.2, 0) is 18.3 Å². The first-order chi connectivity index (χ1) is 18.9. The lowest BCUT2D eigenvalue weighted by Crippen LogP contribution is -2.37. The molecule has 2 amide bonds. The monoisotopic (exact) mass is 547 g/mol. The molecule has 1 atom stereocenters. The largest absolute Gasteiger partial charge is 0.444 e. The van der Waals surface area contributed by atoms with Gasteiger partial charge in [-0.2, -0.15) is 5.10 Å². The zero-order valence-corrected chi connectivity index (χ0v) is 23.6. The van der Waals surface area contributed by atoms with Crippen molar-refractivity contribution in [3.8, 4) is 11.1 Å². The van der Waals surface area contributed by atoms with Gasteiger partial charge in [-0.3, -0.25) is 14.4 Å². The van der Waals surface area contributed by atoms with Gasteiger partial charge in [-0.1, -0.05) is 0 Å². The first kappa shape index (κ1) is 26.2. The van der Waals surface area contributed by atoms with E-state index in [4.69, 9.17) is 4.74 Å². The number of carbonyl (C=O) groups is 2. The standard InChI is InChI=1S/C29H34FN7O3/c1-18-22(15-34(5)33-18)21-13-20-19(12-23(21)30)14-37(26(20)38)25-7-6-24(31-32-25)35-10-8-29(16-35)9-11-36(17-29)27(39)40-28(2,3)4/h6-7,12-13,15H,8-11,14,16-17H2,1-5H3. The van der Waals surface area contributed by atoms with Gasteiger partial charge in [0.25, 0.3) is 5.91 Å². The number of aryl methyl sites for hydroxylation is 2. The highest BCUT2D eigenvalue weighted by Crippen LogP contribution is 2.41. The second-order valence-corrected chi connectivity index (χ2v) is 12.3. The molecule has 2 fully saturated rings. The average Bonchev–Trinajstić information content (AvgIpc) is 3.65. The second-order valence-electron chi connectivity index (χ2n) is 12.3. The third-order valence-corrected chi connectivity index (χ3v) is 8.07. The summed E-state index contributed by atoms with van der Waals surface area (Å²) in [5.74, 6) is 0.551. The van der Waals surface area contributed by atoms with Crippen LogP contribution in [0.3, 0.4) is 0 Å². The lowest BCUT2D eigenvalue weighted by molar-refractivity contribution is 0.0276. The highest BCUT2D eigenvalue weighted by Gasteiger charge is 2.46. The molecule has 3 aliphatic heterocycles. The van der Waals surface area contributed by atoms with Gasteiger partial charge < -0.3 is 14.5 Å². The minimum Gasteiger partial charge on any atom is -0.444 e. The molecule has 6 rings (SSSR count). The van der Waals surface area contributed by atoms with E-state index >= 15 is 4.39 Å². The van der Waals surface area contributed by atoms with Crippen molar-refractivity contribution in [1.29, 1.82) is 0 Å². The van der Waals surface area contributed by atoms with Crippen molar-refractivity contribution in [2.45, 2.75) is 52.7 Å². The SMILES string of the molecule is Cc1nn(C)cc1-c1cc2c(cc1F)CN(c1ccc(N3CCC4(CCN(C(=O)OC(C)(C)C)C4)C3)nn1)C2=O. The number of hydrogen-bond donors (Lipinski definition) is 0. The third kappa shape index (κ3) is 4.67. The molecular formula is C29H34FN7O3. The van der Waals surface area contributed by atoms with Crippen molar-refractivity contribution in [3.05, 3.63) is 53.1 Å². The summed E-state index contributed by atoms with van der Waals surface area (Å²) in [6.45, 7) is 10.6. The number of carbonyl (C=O) groups excluding carboxylic acids is 2. The molecule has 1 aromatic carbocycles. The number of aromatic nitrogens is 4. The number of benzene rings is 1. The van der Waals surface area contributed by atoms with Crippen LogP contribution in [0, 0.1) is 18.2 Å². The topological polar surface area (TPSA) is 96.7 Å². The molecule has 0 bridgehead atoms. The van der Waals surface area contributed by atoms with Crippen molar-refractivity contribution in [1.82, 2.24) is 24.9 Å². The Morgan fingerprint density at radius 1 is 1.02 bits per heavy atom. The van der Waals surface area contributed by atoms with E-state index in [0.29, 0.717) is 46.9 Å². The van der Waals surface area contributed by atoms with E-state index in [0.717, 1.165) is 31.7 Å². The summed E-state index contributed by atoms with van der Waals surface area (Å²) in [5.41, 5.74) is 2.30. The Labute approximate surface area is 232 Å². The number of hydrogen-bond acceptors (Lipinski definition) is 7. The molecule has 210 valence electrons. The molecule has 0 radical (unpaired) electrons. The minimum atomic E-state index is -0.515. The van der Waals surface area contributed by atoms with E-state index in [1.54, 1.807) is 30.1 Å².